The van der Waals surface area contributed by atoms with Gasteiger partial charge in [0.05, 0.1) is 0 Å². The molecule has 0 saturated carbocycles. The molecule has 0 bridgehead atoms. The number of ether oxygens (including phenoxy) is 1. The summed E-state index contributed by atoms with van der Waals surface area (Å²) in [6, 6.07) is 2.20. The predicted octanol–water partition coefficient (Wildman–Crippen LogP) is 2.56. The highest BCUT2D eigenvalue weighted by molar-refractivity contribution is 6.17. The smallest absolute Gasteiger partial charge is 0.388 e. The monoisotopic (exact) mass is 211 g/mol. The maximum atomic E-state index is 12.6. The van der Waals surface area contributed by atoms with E-state index in [1.54, 1.807) is 0 Å². The summed E-state index contributed by atoms with van der Waals surface area (Å²) >= 11 is 5.37. The number of halogens is 4. The van der Waals surface area contributed by atoms with Gasteiger partial charge in [-0.1, -0.05) is 0 Å². The molecule has 2 nitrogen and oxygen atoms in total. The van der Waals surface area contributed by atoms with Crippen LogP contribution in [0.15, 0.2) is 12.1 Å². The molecule has 0 atom stereocenters. The number of aromatic nitrogens is 1. The minimum atomic E-state index is -3.02. The second kappa shape index (κ2) is 4.32. The Bertz CT molecular complexity index is 295. The summed E-state index contributed by atoms with van der Waals surface area (Å²) in [5.41, 5.74) is 0.338. The number of rotatable bonds is 3. The molecule has 0 aliphatic rings. The van der Waals surface area contributed by atoms with Crippen molar-refractivity contribution in [2.45, 2.75) is 12.5 Å². The highest BCUT2D eigenvalue weighted by Crippen LogP contribution is 2.15. The SMILES string of the molecule is Fc1cc(CCl)cc(OC(F)F)n1. The fourth-order valence-corrected chi connectivity index (χ4v) is 0.906. The Morgan fingerprint density at radius 1 is 1.46 bits per heavy atom. The molecule has 0 spiro atoms. The van der Waals surface area contributed by atoms with Gasteiger partial charge in [0.2, 0.25) is 11.8 Å². The summed E-state index contributed by atoms with van der Waals surface area (Å²) in [5.74, 6) is -1.35. The maximum absolute atomic E-state index is 12.6. The van der Waals surface area contributed by atoms with Gasteiger partial charge in [-0.15, -0.1) is 11.6 Å². The van der Waals surface area contributed by atoms with E-state index in [1.165, 1.54) is 0 Å². The van der Waals surface area contributed by atoms with Crippen molar-refractivity contribution in [1.82, 2.24) is 4.98 Å². The molecule has 0 saturated heterocycles. The largest absolute Gasteiger partial charge is 0.417 e. The summed E-state index contributed by atoms with van der Waals surface area (Å²) in [4.78, 5) is 3.09. The van der Waals surface area contributed by atoms with Crippen LogP contribution in [0.2, 0.25) is 0 Å². The molecule has 0 radical (unpaired) electrons. The Hall–Kier alpha value is -0.970. The first kappa shape index (κ1) is 10.1. The molecule has 6 heteroatoms. The fraction of sp³-hybridized carbons (Fsp3) is 0.286. The van der Waals surface area contributed by atoms with Crippen molar-refractivity contribution in [3.05, 3.63) is 23.6 Å². The normalized spacial score (nSPS) is 10.5. The lowest BCUT2D eigenvalue weighted by Crippen LogP contribution is -2.04. The predicted molar refractivity (Wildman–Crippen MR) is 40.4 cm³/mol. The summed E-state index contributed by atoms with van der Waals surface area (Å²) in [5, 5.41) is 0. The lowest BCUT2D eigenvalue weighted by atomic mass is 10.3. The van der Waals surface area contributed by atoms with Crippen molar-refractivity contribution in [3.8, 4) is 5.88 Å². The lowest BCUT2D eigenvalue weighted by molar-refractivity contribution is -0.0532. The topological polar surface area (TPSA) is 22.1 Å². The standard InChI is InChI=1S/C7H5ClF3NO/c8-3-4-1-5(9)12-6(2-4)13-7(10)11/h1-2,7H,3H2. The summed E-state index contributed by atoms with van der Waals surface area (Å²) in [6.07, 6.45) is 0. The van der Waals surface area contributed by atoms with Crippen LogP contribution >= 0.6 is 11.6 Å². The molecule has 1 rings (SSSR count). The van der Waals surface area contributed by atoms with Gasteiger partial charge in [-0.05, 0) is 11.6 Å². The number of pyridine rings is 1. The zero-order chi connectivity index (χ0) is 9.84. The van der Waals surface area contributed by atoms with Crippen LogP contribution in [0, 0.1) is 5.95 Å². The average molecular weight is 212 g/mol. The number of nitrogens with zero attached hydrogens (tertiary/aromatic N) is 1. The van der Waals surface area contributed by atoms with E-state index < -0.39 is 18.4 Å². The van der Waals surface area contributed by atoms with Gasteiger partial charge >= 0.3 is 6.61 Å². The van der Waals surface area contributed by atoms with Crippen LogP contribution < -0.4 is 4.74 Å². The highest BCUT2D eigenvalue weighted by atomic mass is 35.5. The van der Waals surface area contributed by atoms with Crippen LogP contribution in [-0.4, -0.2) is 11.6 Å². The molecule has 1 aromatic rings. The van der Waals surface area contributed by atoms with Gasteiger partial charge in [0.1, 0.15) is 0 Å². The van der Waals surface area contributed by atoms with Gasteiger partial charge in [0.15, 0.2) is 0 Å². The molecule has 13 heavy (non-hydrogen) atoms. The van der Waals surface area contributed by atoms with Gasteiger partial charge in [-0.2, -0.15) is 18.2 Å². The first-order valence-corrected chi connectivity index (χ1v) is 3.82. The van der Waals surface area contributed by atoms with Crippen LogP contribution in [0.3, 0.4) is 0 Å². The van der Waals surface area contributed by atoms with Crippen LogP contribution in [0.25, 0.3) is 0 Å². The number of hydrogen-bond acceptors (Lipinski definition) is 2. The van der Waals surface area contributed by atoms with E-state index in [4.69, 9.17) is 11.6 Å². The van der Waals surface area contributed by atoms with Crippen molar-refractivity contribution in [2.75, 3.05) is 0 Å². The van der Waals surface area contributed by atoms with E-state index in [1.807, 2.05) is 0 Å². The third-order valence-electron chi connectivity index (χ3n) is 1.19. The van der Waals surface area contributed by atoms with Crippen molar-refractivity contribution in [2.24, 2.45) is 0 Å². The van der Waals surface area contributed by atoms with Crippen molar-refractivity contribution >= 4 is 11.6 Å². The molecule has 0 aliphatic carbocycles. The number of hydrogen-bond donors (Lipinski definition) is 0. The second-order valence-corrected chi connectivity index (χ2v) is 2.42. The lowest BCUT2D eigenvalue weighted by Gasteiger charge is -2.04. The van der Waals surface area contributed by atoms with Gasteiger partial charge in [-0.3, -0.25) is 0 Å². The molecular formula is C7H5ClF3NO. The molecular weight excluding hydrogens is 207 g/mol. The number of alkyl halides is 3. The molecule has 0 fully saturated rings. The average Bonchev–Trinajstić information content (AvgIpc) is 2.01. The van der Waals surface area contributed by atoms with Crippen LogP contribution in [0.4, 0.5) is 13.2 Å². The fourth-order valence-electron chi connectivity index (χ4n) is 0.752. The zero-order valence-corrected chi connectivity index (χ0v) is 7.06. The van der Waals surface area contributed by atoms with Crippen molar-refractivity contribution < 1.29 is 17.9 Å². The third-order valence-corrected chi connectivity index (χ3v) is 1.50. The quantitative estimate of drug-likeness (QED) is 0.566. The molecule has 1 heterocycles. The molecule has 0 aromatic carbocycles. The van der Waals surface area contributed by atoms with E-state index in [0.717, 1.165) is 12.1 Å². The van der Waals surface area contributed by atoms with Gasteiger partial charge in [0.25, 0.3) is 0 Å². The minimum absolute atomic E-state index is 0.0129. The van der Waals surface area contributed by atoms with Gasteiger partial charge in [-0.25, -0.2) is 0 Å². The molecule has 1 aromatic heterocycles. The Morgan fingerprint density at radius 2 is 2.15 bits per heavy atom. The second-order valence-electron chi connectivity index (χ2n) is 2.15. The van der Waals surface area contributed by atoms with Crippen LogP contribution in [-0.2, 0) is 5.88 Å². The van der Waals surface area contributed by atoms with Crippen molar-refractivity contribution in [3.63, 3.8) is 0 Å². The van der Waals surface area contributed by atoms with Gasteiger partial charge in [0, 0.05) is 11.9 Å². The molecule has 0 aliphatic heterocycles. The Morgan fingerprint density at radius 3 is 2.69 bits per heavy atom. The zero-order valence-electron chi connectivity index (χ0n) is 6.31. The highest BCUT2D eigenvalue weighted by Gasteiger charge is 2.08. The Balaban J connectivity index is 2.88. The van der Waals surface area contributed by atoms with Crippen molar-refractivity contribution in [1.29, 1.82) is 0 Å². The Kier molecular flexibility index (Phi) is 3.36. The summed E-state index contributed by atoms with van der Waals surface area (Å²) < 4.78 is 39.8. The summed E-state index contributed by atoms with van der Waals surface area (Å²) in [7, 11) is 0. The third kappa shape index (κ3) is 3.10. The first-order valence-electron chi connectivity index (χ1n) is 3.29. The molecule has 0 unspecified atom stereocenters. The Labute approximate surface area is 77.3 Å². The minimum Gasteiger partial charge on any atom is -0.417 e. The first-order chi connectivity index (χ1) is 6.11. The molecule has 72 valence electrons. The van der Waals surface area contributed by atoms with Crippen LogP contribution in [0.1, 0.15) is 5.56 Å². The van der Waals surface area contributed by atoms with E-state index in [9.17, 15) is 13.2 Å². The molecule has 0 amide bonds. The van der Waals surface area contributed by atoms with Gasteiger partial charge < -0.3 is 4.74 Å². The molecule has 0 N–H and O–H groups in total. The van der Waals surface area contributed by atoms with E-state index in [0.29, 0.717) is 5.56 Å². The maximum Gasteiger partial charge on any atom is 0.388 e. The summed E-state index contributed by atoms with van der Waals surface area (Å²) in [6.45, 7) is -3.02. The van der Waals surface area contributed by atoms with E-state index >= 15 is 0 Å². The van der Waals surface area contributed by atoms with E-state index in [2.05, 4.69) is 9.72 Å². The van der Waals surface area contributed by atoms with Crippen LogP contribution in [0.5, 0.6) is 5.88 Å². The van der Waals surface area contributed by atoms with E-state index in [-0.39, 0.29) is 5.88 Å².